The van der Waals surface area contributed by atoms with Gasteiger partial charge in [0, 0.05) is 29.8 Å². The van der Waals surface area contributed by atoms with Crippen molar-refractivity contribution in [1.82, 2.24) is 4.90 Å². The molecule has 7 heteroatoms. The average molecular weight is 489 g/mol. The summed E-state index contributed by atoms with van der Waals surface area (Å²) in [4.78, 5) is 28.8. The molecule has 166 valence electrons. The van der Waals surface area contributed by atoms with Crippen molar-refractivity contribution in [2.24, 2.45) is 0 Å². The van der Waals surface area contributed by atoms with Crippen LogP contribution >= 0.6 is 15.9 Å². The van der Waals surface area contributed by atoms with Gasteiger partial charge < -0.3 is 14.4 Å². The third-order valence-electron chi connectivity index (χ3n) is 5.25. The van der Waals surface area contributed by atoms with E-state index >= 15 is 0 Å². The number of nitrogens with zero attached hydrogens (tertiary/aromatic N) is 2. The third-order valence-corrected chi connectivity index (χ3v) is 5.78. The lowest BCUT2D eigenvalue weighted by Crippen LogP contribution is -2.40. The fourth-order valence-corrected chi connectivity index (χ4v) is 3.97. The van der Waals surface area contributed by atoms with E-state index in [1.807, 2.05) is 55.1 Å². The van der Waals surface area contributed by atoms with Gasteiger partial charge in [0.1, 0.15) is 5.75 Å². The zero-order valence-electron chi connectivity index (χ0n) is 18.7. The van der Waals surface area contributed by atoms with Crippen LogP contribution in [0.3, 0.4) is 0 Å². The molecule has 1 heterocycles. The largest absolute Gasteiger partial charge is 0.476 e. The van der Waals surface area contributed by atoms with Crippen molar-refractivity contribution in [1.29, 1.82) is 0 Å². The number of halogens is 1. The van der Waals surface area contributed by atoms with Crippen molar-refractivity contribution < 1.29 is 19.1 Å². The van der Waals surface area contributed by atoms with Gasteiger partial charge >= 0.3 is 12.0 Å². The molecule has 1 saturated heterocycles. The van der Waals surface area contributed by atoms with Gasteiger partial charge in [-0.25, -0.2) is 9.59 Å². The second kappa shape index (κ2) is 9.30. The van der Waals surface area contributed by atoms with Crippen molar-refractivity contribution in [2.75, 3.05) is 24.6 Å². The standard InChI is InChI=1S/C24H29BrN2O4/c1-6-30-22(28)24(4,5)31-21-16(2)13-18(14-17(21)3)15-26-11-12-27(23(26)29)20-9-7-19(25)8-10-20/h7-10,13-14H,6,11-12,15H2,1-5H3. The number of esters is 1. The average Bonchev–Trinajstić information content (AvgIpc) is 3.06. The maximum absolute atomic E-state index is 12.9. The van der Waals surface area contributed by atoms with Crippen LogP contribution in [0.1, 0.15) is 37.5 Å². The highest BCUT2D eigenvalue weighted by Gasteiger charge is 2.33. The van der Waals surface area contributed by atoms with Crippen LogP contribution in [0.25, 0.3) is 0 Å². The Morgan fingerprint density at radius 2 is 1.71 bits per heavy atom. The van der Waals surface area contributed by atoms with Gasteiger partial charge in [0.2, 0.25) is 0 Å². The van der Waals surface area contributed by atoms with Crippen LogP contribution in [0.15, 0.2) is 40.9 Å². The number of carbonyl (C=O) groups excluding carboxylic acids is 2. The smallest absolute Gasteiger partial charge is 0.349 e. The highest BCUT2D eigenvalue weighted by atomic mass is 79.9. The number of benzene rings is 2. The molecular weight excluding hydrogens is 460 g/mol. The predicted octanol–water partition coefficient (Wildman–Crippen LogP) is 5.23. The topological polar surface area (TPSA) is 59.1 Å². The normalized spacial score (nSPS) is 14.2. The first kappa shape index (κ1) is 23.1. The minimum atomic E-state index is -1.08. The minimum absolute atomic E-state index is 0.00130. The molecule has 1 fully saturated rings. The van der Waals surface area contributed by atoms with Crippen LogP contribution < -0.4 is 9.64 Å². The molecule has 3 rings (SSSR count). The van der Waals surface area contributed by atoms with E-state index in [0.29, 0.717) is 32.0 Å². The SMILES string of the molecule is CCOC(=O)C(C)(C)Oc1c(C)cc(CN2CCN(c3ccc(Br)cc3)C2=O)cc1C. The predicted molar refractivity (Wildman–Crippen MR) is 125 cm³/mol. The van der Waals surface area contributed by atoms with Crippen molar-refractivity contribution in [3.63, 3.8) is 0 Å². The van der Waals surface area contributed by atoms with Gasteiger partial charge in [0.05, 0.1) is 6.61 Å². The number of carbonyl (C=O) groups is 2. The van der Waals surface area contributed by atoms with Gasteiger partial charge in [-0.1, -0.05) is 28.1 Å². The number of urea groups is 1. The Bertz CT molecular complexity index is 949. The first-order chi connectivity index (χ1) is 14.6. The molecule has 0 atom stereocenters. The molecule has 2 amide bonds. The Balaban J connectivity index is 1.73. The molecule has 0 bridgehead atoms. The molecule has 1 aliphatic rings. The fourth-order valence-electron chi connectivity index (χ4n) is 3.70. The summed E-state index contributed by atoms with van der Waals surface area (Å²) in [5, 5.41) is 0. The van der Waals surface area contributed by atoms with E-state index < -0.39 is 11.6 Å². The van der Waals surface area contributed by atoms with Crippen LogP contribution in [0, 0.1) is 13.8 Å². The van der Waals surface area contributed by atoms with Crippen molar-refractivity contribution in [2.45, 2.75) is 46.8 Å². The molecule has 0 radical (unpaired) electrons. The van der Waals surface area contributed by atoms with Crippen LogP contribution in [-0.2, 0) is 16.1 Å². The first-order valence-corrected chi connectivity index (χ1v) is 11.2. The van der Waals surface area contributed by atoms with Gasteiger partial charge in [-0.15, -0.1) is 0 Å². The molecule has 0 aromatic heterocycles. The molecule has 0 N–H and O–H groups in total. The monoisotopic (exact) mass is 488 g/mol. The summed E-state index contributed by atoms with van der Waals surface area (Å²) in [5.41, 5.74) is 2.69. The van der Waals surface area contributed by atoms with Crippen LogP contribution in [-0.4, -0.2) is 42.2 Å². The highest BCUT2D eigenvalue weighted by molar-refractivity contribution is 9.10. The van der Waals surface area contributed by atoms with Crippen LogP contribution in [0.5, 0.6) is 5.75 Å². The summed E-state index contributed by atoms with van der Waals surface area (Å²) >= 11 is 3.43. The lowest BCUT2D eigenvalue weighted by Gasteiger charge is -2.27. The molecule has 0 saturated carbocycles. The number of anilines is 1. The Labute approximate surface area is 192 Å². The lowest BCUT2D eigenvalue weighted by atomic mass is 10.0. The minimum Gasteiger partial charge on any atom is -0.476 e. The number of aryl methyl sites for hydroxylation is 2. The molecule has 31 heavy (non-hydrogen) atoms. The van der Waals surface area contributed by atoms with E-state index in [4.69, 9.17) is 9.47 Å². The zero-order valence-corrected chi connectivity index (χ0v) is 20.3. The number of amides is 2. The second-order valence-corrected chi connectivity index (χ2v) is 9.14. The number of rotatable bonds is 7. The van der Waals surface area contributed by atoms with Gasteiger partial charge in [0.15, 0.2) is 5.60 Å². The van der Waals surface area contributed by atoms with Crippen molar-refractivity contribution >= 4 is 33.6 Å². The van der Waals surface area contributed by atoms with Gasteiger partial charge in [-0.2, -0.15) is 0 Å². The van der Waals surface area contributed by atoms with Crippen LogP contribution in [0.4, 0.5) is 10.5 Å². The van der Waals surface area contributed by atoms with Gasteiger partial charge in [-0.3, -0.25) is 4.90 Å². The maximum Gasteiger partial charge on any atom is 0.349 e. The quantitative estimate of drug-likeness (QED) is 0.500. The Kier molecular flexibility index (Phi) is 6.94. The molecule has 2 aromatic rings. The zero-order chi connectivity index (χ0) is 22.8. The Hall–Kier alpha value is -2.54. The van der Waals surface area contributed by atoms with Crippen molar-refractivity contribution in [3.8, 4) is 5.75 Å². The molecule has 0 unspecified atom stereocenters. The molecule has 0 aliphatic carbocycles. The van der Waals surface area contributed by atoms with E-state index in [2.05, 4.69) is 15.9 Å². The summed E-state index contributed by atoms with van der Waals surface area (Å²) < 4.78 is 12.1. The summed E-state index contributed by atoms with van der Waals surface area (Å²) in [7, 11) is 0. The van der Waals surface area contributed by atoms with E-state index in [0.717, 1.165) is 26.9 Å². The molecule has 2 aromatic carbocycles. The summed E-state index contributed by atoms with van der Waals surface area (Å²) in [6.07, 6.45) is 0. The van der Waals surface area contributed by atoms with Gasteiger partial charge in [0.25, 0.3) is 0 Å². The number of hydrogen-bond donors (Lipinski definition) is 0. The summed E-state index contributed by atoms with van der Waals surface area (Å²) in [6, 6.07) is 11.8. The molecular formula is C24H29BrN2O4. The first-order valence-electron chi connectivity index (χ1n) is 10.4. The van der Waals surface area contributed by atoms with Gasteiger partial charge in [-0.05, 0) is 75.6 Å². The number of ether oxygens (including phenoxy) is 2. The third kappa shape index (κ3) is 5.21. The Morgan fingerprint density at radius 3 is 2.29 bits per heavy atom. The summed E-state index contributed by atoms with van der Waals surface area (Å²) in [5.74, 6) is 0.277. The van der Waals surface area contributed by atoms with Crippen molar-refractivity contribution in [3.05, 3.63) is 57.6 Å². The molecule has 6 nitrogen and oxygen atoms in total. The molecule has 0 spiro atoms. The number of hydrogen-bond acceptors (Lipinski definition) is 4. The van der Waals surface area contributed by atoms with E-state index in [1.54, 1.807) is 25.7 Å². The molecule has 1 aliphatic heterocycles. The van der Waals surface area contributed by atoms with E-state index in [9.17, 15) is 9.59 Å². The Morgan fingerprint density at radius 1 is 1.10 bits per heavy atom. The summed E-state index contributed by atoms with van der Waals surface area (Å²) in [6.45, 7) is 11.2. The maximum atomic E-state index is 12.9. The van der Waals surface area contributed by atoms with Crippen LogP contribution in [0.2, 0.25) is 0 Å². The highest BCUT2D eigenvalue weighted by Crippen LogP contribution is 2.30. The lowest BCUT2D eigenvalue weighted by molar-refractivity contribution is -0.158. The van der Waals surface area contributed by atoms with E-state index in [-0.39, 0.29) is 6.03 Å². The van der Waals surface area contributed by atoms with E-state index in [1.165, 1.54) is 0 Å². The fraction of sp³-hybridized carbons (Fsp3) is 0.417. The second-order valence-electron chi connectivity index (χ2n) is 8.22.